The number of rotatable bonds is 11. The molecule has 3 aromatic carbocycles. The van der Waals surface area contributed by atoms with E-state index >= 15 is 0 Å². The minimum atomic E-state index is -0.799. The van der Waals surface area contributed by atoms with Crippen molar-refractivity contribution < 1.29 is 19.0 Å². The number of carbonyl (C=O) groups is 1. The zero-order valence-electron chi connectivity index (χ0n) is 26.2. The first-order chi connectivity index (χ1) is 22.8. The van der Waals surface area contributed by atoms with E-state index in [0.29, 0.717) is 49.5 Å². The third-order valence-electron chi connectivity index (χ3n) is 7.88. The maximum atomic E-state index is 14.4. The Kier molecular flexibility index (Phi) is 9.98. The number of allylic oxidation sites excluding steroid dienone is 1. The summed E-state index contributed by atoms with van der Waals surface area (Å²) in [4.78, 5) is 33.2. The molecule has 0 unspecified atom stereocenters. The molecule has 1 atom stereocenters. The average molecular weight is 691 g/mol. The standard InChI is InChI=1S/C36H33Cl2N3O5S/c1-4-15-45-30-12-8-6-10-26(30)33-32(35(43)46-17-16-44-3)22(2)39-36-41(33)34(42)31(47-36)19-24-21-40(29-11-7-5-9-25(24)29)20-23-13-14-27(37)28(38)18-23/h5-14,18-19,21,33H,4,15-17,20H2,1-3H3/b31-19+/t33-/m1/s1. The number of hydrogen-bond donors (Lipinski definition) is 0. The highest BCUT2D eigenvalue weighted by Crippen LogP contribution is 2.36. The number of nitrogens with zero attached hydrogens (tertiary/aromatic N) is 3. The molecule has 0 N–H and O–H groups in total. The second-order valence-corrected chi connectivity index (χ2v) is 12.9. The molecule has 0 saturated heterocycles. The van der Waals surface area contributed by atoms with Gasteiger partial charge in [0.2, 0.25) is 0 Å². The average Bonchev–Trinajstić information content (AvgIpc) is 3.57. The molecule has 5 aromatic rings. The number of para-hydroxylation sites is 2. The van der Waals surface area contributed by atoms with Crippen molar-refractivity contribution in [1.29, 1.82) is 0 Å². The lowest BCUT2D eigenvalue weighted by Crippen LogP contribution is -2.40. The normalized spacial score (nSPS) is 14.7. The van der Waals surface area contributed by atoms with Gasteiger partial charge in [0.15, 0.2) is 4.80 Å². The molecular formula is C36H33Cl2N3O5S. The maximum Gasteiger partial charge on any atom is 0.338 e. The number of halogens is 2. The summed E-state index contributed by atoms with van der Waals surface area (Å²) in [5.41, 5.74) is 4.06. The molecule has 0 saturated carbocycles. The summed E-state index contributed by atoms with van der Waals surface area (Å²) in [6, 6.07) is 20.3. The minimum Gasteiger partial charge on any atom is -0.493 e. The zero-order chi connectivity index (χ0) is 33.1. The number of ether oxygens (including phenoxy) is 3. The van der Waals surface area contributed by atoms with Gasteiger partial charge in [-0.15, -0.1) is 0 Å². The van der Waals surface area contributed by atoms with Crippen LogP contribution in [-0.4, -0.2) is 42.0 Å². The van der Waals surface area contributed by atoms with Gasteiger partial charge in [-0.3, -0.25) is 9.36 Å². The second kappa shape index (κ2) is 14.3. The van der Waals surface area contributed by atoms with Crippen molar-refractivity contribution in [1.82, 2.24) is 9.13 Å². The van der Waals surface area contributed by atoms with E-state index < -0.39 is 12.0 Å². The lowest BCUT2D eigenvalue weighted by atomic mass is 9.95. The molecule has 8 nitrogen and oxygen atoms in total. The molecule has 1 aliphatic rings. The molecular weight excluding hydrogens is 657 g/mol. The first-order valence-electron chi connectivity index (χ1n) is 15.2. The highest BCUT2D eigenvalue weighted by atomic mass is 35.5. The van der Waals surface area contributed by atoms with Crippen LogP contribution in [0.5, 0.6) is 5.75 Å². The number of aromatic nitrogens is 2. The minimum absolute atomic E-state index is 0.0729. The molecule has 47 heavy (non-hydrogen) atoms. The Morgan fingerprint density at radius 1 is 1.02 bits per heavy atom. The van der Waals surface area contributed by atoms with Crippen molar-refractivity contribution in [2.24, 2.45) is 4.99 Å². The van der Waals surface area contributed by atoms with Crippen LogP contribution in [0.25, 0.3) is 17.0 Å². The Labute approximate surface area is 285 Å². The topological polar surface area (TPSA) is 84.1 Å². The zero-order valence-corrected chi connectivity index (χ0v) is 28.5. The van der Waals surface area contributed by atoms with Gasteiger partial charge in [-0.1, -0.05) is 83.9 Å². The van der Waals surface area contributed by atoms with E-state index in [-0.39, 0.29) is 24.3 Å². The Morgan fingerprint density at radius 3 is 2.60 bits per heavy atom. The van der Waals surface area contributed by atoms with Gasteiger partial charge in [-0.2, -0.15) is 0 Å². The quantitative estimate of drug-likeness (QED) is 0.116. The van der Waals surface area contributed by atoms with Crippen LogP contribution in [0.2, 0.25) is 10.0 Å². The van der Waals surface area contributed by atoms with Crippen molar-refractivity contribution in [3.8, 4) is 5.75 Å². The molecule has 242 valence electrons. The third-order valence-corrected chi connectivity index (χ3v) is 9.60. The summed E-state index contributed by atoms with van der Waals surface area (Å²) in [6.07, 6.45) is 4.72. The summed E-state index contributed by atoms with van der Waals surface area (Å²) in [5, 5.41) is 1.99. The Bertz CT molecular complexity index is 2180. The Morgan fingerprint density at radius 2 is 1.81 bits per heavy atom. The van der Waals surface area contributed by atoms with E-state index in [9.17, 15) is 9.59 Å². The smallest absolute Gasteiger partial charge is 0.338 e. The summed E-state index contributed by atoms with van der Waals surface area (Å²) in [7, 11) is 1.54. The SMILES string of the molecule is CCCOc1ccccc1[C@@H]1C(C(=O)OCCOC)=C(C)N=c2s/c(=C/c3cn(Cc4ccc(Cl)c(Cl)c4)c4ccccc34)c(=O)n21. The molecule has 0 bridgehead atoms. The first-order valence-corrected chi connectivity index (χ1v) is 16.8. The van der Waals surface area contributed by atoms with Crippen molar-refractivity contribution in [2.75, 3.05) is 26.9 Å². The van der Waals surface area contributed by atoms with E-state index in [1.54, 1.807) is 24.7 Å². The van der Waals surface area contributed by atoms with Crippen LogP contribution in [0.4, 0.5) is 0 Å². The maximum absolute atomic E-state index is 14.4. The molecule has 0 aliphatic carbocycles. The number of carbonyl (C=O) groups excluding carboxylic acids is 1. The first kappa shape index (κ1) is 32.8. The van der Waals surface area contributed by atoms with Gasteiger partial charge in [0.1, 0.15) is 18.4 Å². The monoisotopic (exact) mass is 689 g/mol. The van der Waals surface area contributed by atoms with E-state index in [1.165, 1.54) is 11.3 Å². The van der Waals surface area contributed by atoms with Gasteiger partial charge in [-0.25, -0.2) is 9.79 Å². The van der Waals surface area contributed by atoms with Crippen LogP contribution in [0.1, 0.15) is 43.0 Å². The Hall–Kier alpha value is -4.15. The molecule has 0 fully saturated rings. The summed E-state index contributed by atoms with van der Waals surface area (Å²) < 4.78 is 21.0. The summed E-state index contributed by atoms with van der Waals surface area (Å²) in [5.74, 6) is 0.0365. The largest absolute Gasteiger partial charge is 0.493 e. The van der Waals surface area contributed by atoms with Gasteiger partial charge in [0, 0.05) is 41.9 Å². The van der Waals surface area contributed by atoms with Crippen molar-refractivity contribution in [3.63, 3.8) is 0 Å². The fourth-order valence-corrected chi connectivity index (χ4v) is 7.08. The lowest BCUT2D eigenvalue weighted by Gasteiger charge is -2.26. The number of thiazole rings is 1. The number of esters is 1. The fourth-order valence-electron chi connectivity index (χ4n) is 5.72. The lowest BCUT2D eigenvalue weighted by molar-refractivity contribution is -0.140. The van der Waals surface area contributed by atoms with Crippen LogP contribution in [0, 0.1) is 0 Å². The number of hydrogen-bond acceptors (Lipinski definition) is 7. The van der Waals surface area contributed by atoms with Gasteiger partial charge in [0.25, 0.3) is 5.56 Å². The second-order valence-electron chi connectivity index (χ2n) is 11.1. The third kappa shape index (κ3) is 6.67. The van der Waals surface area contributed by atoms with Crippen molar-refractivity contribution in [2.45, 2.75) is 32.9 Å². The molecule has 0 amide bonds. The van der Waals surface area contributed by atoms with Crippen LogP contribution < -0.4 is 19.6 Å². The summed E-state index contributed by atoms with van der Waals surface area (Å²) >= 11 is 13.7. The Balaban J connectivity index is 1.49. The van der Waals surface area contributed by atoms with E-state index in [1.807, 2.05) is 79.9 Å². The summed E-state index contributed by atoms with van der Waals surface area (Å²) in [6.45, 7) is 5.16. The highest BCUT2D eigenvalue weighted by Gasteiger charge is 2.35. The van der Waals surface area contributed by atoms with Crippen LogP contribution in [0.15, 0.2) is 94.0 Å². The van der Waals surface area contributed by atoms with Crippen LogP contribution >= 0.6 is 34.5 Å². The van der Waals surface area contributed by atoms with Crippen LogP contribution in [0.3, 0.4) is 0 Å². The molecule has 1 aliphatic heterocycles. The van der Waals surface area contributed by atoms with Gasteiger partial charge < -0.3 is 18.8 Å². The number of methoxy groups -OCH3 is 1. The molecule has 3 heterocycles. The predicted octanol–water partition coefficient (Wildman–Crippen LogP) is 6.52. The van der Waals surface area contributed by atoms with Gasteiger partial charge >= 0.3 is 5.97 Å². The molecule has 0 radical (unpaired) electrons. The van der Waals surface area contributed by atoms with Crippen molar-refractivity contribution in [3.05, 3.63) is 131 Å². The highest BCUT2D eigenvalue weighted by molar-refractivity contribution is 7.07. The predicted molar refractivity (Wildman–Crippen MR) is 186 cm³/mol. The fraction of sp³-hybridized carbons (Fsp3) is 0.250. The molecule has 2 aromatic heterocycles. The number of fused-ring (bicyclic) bond motifs is 2. The van der Waals surface area contributed by atoms with Gasteiger partial charge in [-0.05, 0) is 49.2 Å². The van der Waals surface area contributed by atoms with E-state index in [0.717, 1.165) is 28.5 Å². The van der Waals surface area contributed by atoms with Crippen molar-refractivity contribution >= 4 is 57.5 Å². The molecule has 11 heteroatoms. The molecule has 0 spiro atoms. The van der Waals surface area contributed by atoms with E-state index in [4.69, 9.17) is 42.4 Å². The van der Waals surface area contributed by atoms with E-state index in [2.05, 4.69) is 4.57 Å². The van der Waals surface area contributed by atoms with Gasteiger partial charge in [0.05, 0.1) is 39.1 Å². The number of benzene rings is 3. The van der Waals surface area contributed by atoms with Crippen LogP contribution in [-0.2, 0) is 20.8 Å². The molecule has 6 rings (SSSR count).